The summed E-state index contributed by atoms with van der Waals surface area (Å²) >= 11 is 1.08. The molecule has 1 aromatic heterocycles. The van der Waals surface area contributed by atoms with Gasteiger partial charge in [-0.1, -0.05) is 17.7 Å². The van der Waals surface area contributed by atoms with Gasteiger partial charge in [0.15, 0.2) is 0 Å². The highest BCUT2D eigenvalue weighted by molar-refractivity contribution is 7.99. The predicted octanol–water partition coefficient (Wildman–Crippen LogP) is 3.61. The van der Waals surface area contributed by atoms with Gasteiger partial charge >= 0.3 is 0 Å². The van der Waals surface area contributed by atoms with Crippen molar-refractivity contribution in [1.82, 2.24) is 14.8 Å². The lowest BCUT2D eigenvalue weighted by molar-refractivity contribution is -0.385. The van der Waals surface area contributed by atoms with Crippen molar-refractivity contribution in [2.24, 2.45) is 0 Å². The van der Waals surface area contributed by atoms with E-state index in [-0.39, 0.29) is 10.6 Å². The molecule has 1 fully saturated rings. The van der Waals surface area contributed by atoms with Crippen LogP contribution in [-0.4, -0.2) is 46.0 Å². The Morgan fingerprint density at radius 3 is 2.52 bits per heavy atom. The number of hydrogen-bond acceptors (Lipinski definition) is 7. The fraction of sp³-hybridized carbons (Fsp3) is 0.263. The number of anilines is 1. The van der Waals surface area contributed by atoms with Crippen LogP contribution >= 0.6 is 11.8 Å². The molecule has 0 amide bonds. The molecule has 1 aliphatic rings. The molecule has 0 spiro atoms. The molecule has 0 atom stereocenters. The quantitative estimate of drug-likeness (QED) is 0.465. The highest BCUT2D eigenvalue weighted by Gasteiger charge is 2.23. The van der Waals surface area contributed by atoms with Gasteiger partial charge in [0.05, 0.1) is 34.8 Å². The Kier molecular flexibility index (Phi) is 5.45. The van der Waals surface area contributed by atoms with E-state index in [1.807, 2.05) is 35.8 Å². The Bertz CT molecular complexity index is 1030. The number of nitro benzene ring substituents is 1. The third-order valence-electron chi connectivity index (χ3n) is 4.53. The van der Waals surface area contributed by atoms with Crippen molar-refractivity contribution in [3.05, 3.63) is 64.0 Å². The molecule has 8 nitrogen and oxygen atoms in total. The fourth-order valence-corrected chi connectivity index (χ4v) is 3.85. The lowest BCUT2D eigenvalue weighted by atomic mass is 10.2. The zero-order chi connectivity index (χ0) is 20.4. The SMILES string of the molecule is Cc1ccc(-n2c(Sc3ccc([N+](=O)[O-])cc3F)nnc2N2CCOCC2)cc1. The average molecular weight is 415 g/mol. The Hall–Kier alpha value is -2.98. The van der Waals surface area contributed by atoms with Crippen molar-refractivity contribution in [1.29, 1.82) is 0 Å². The number of hydrogen-bond donors (Lipinski definition) is 0. The normalized spacial score (nSPS) is 14.2. The van der Waals surface area contributed by atoms with Crippen LogP contribution in [0.1, 0.15) is 5.56 Å². The first-order chi connectivity index (χ1) is 14.0. The monoisotopic (exact) mass is 415 g/mol. The summed E-state index contributed by atoms with van der Waals surface area (Å²) in [5.41, 5.74) is 1.68. The van der Waals surface area contributed by atoms with Gasteiger partial charge in [-0.3, -0.25) is 14.7 Å². The first-order valence-electron chi connectivity index (χ1n) is 9.00. The van der Waals surface area contributed by atoms with Crippen LogP contribution in [0.4, 0.5) is 16.0 Å². The number of aromatic nitrogens is 3. The van der Waals surface area contributed by atoms with Crippen molar-refractivity contribution in [2.75, 3.05) is 31.2 Å². The van der Waals surface area contributed by atoms with Crippen LogP contribution in [-0.2, 0) is 4.74 Å². The second-order valence-electron chi connectivity index (χ2n) is 6.53. The molecular weight excluding hydrogens is 397 g/mol. The molecule has 0 unspecified atom stereocenters. The highest BCUT2D eigenvalue weighted by atomic mass is 32.2. The van der Waals surface area contributed by atoms with E-state index >= 15 is 0 Å². The lowest BCUT2D eigenvalue weighted by Gasteiger charge is -2.28. The molecule has 0 aliphatic carbocycles. The number of nitro groups is 1. The Labute approximate surface area is 170 Å². The molecule has 150 valence electrons. The van der Waals surface area contributed by atoms with Gasteiger partial charge < -0.3 is 9.64 Å². The third kappa shape index (κ3) is 4.08. The molecule has 0 N–H and O–H groups in total. The van der Waals surface area contributed by atoms with Gasteiger partial charge in [0.1, 0.15) is 5.82 Å². The third-order valence-corrected chi connectivity index (χ3v) is 5.53. The molecular formula is C19H18FN5O3S. The van der Waals surface area contributed by atoms with Gasteiger partial charge in [-0.05, 0) is 36.9 Å². The van der Waals surface area contributed by atoms with Crippen molar-refractivity contribution in [2.45, 2.75) is 17.0 Å². The molecule has 0 saturated carbocycles. The number of morpholine rings is 1. The Morgan fingerprint density at radius 2 is 1.86 bits per heavy atom. The first-order valence-corrected chi connectivity index (χ1v) is 9.81. The minimum atomic E-state index is -0.671. The van der Waals surface area contributed by atoms with Crippen LogP contribution in [0.5, 0.6) is 0 Å². The number of benzene rings is 2. The summed E-state index contributed by atoms with van der Waals surface area (Å²) in [7, 11) is 0. The maximum atomic E-state index is 14.4. The van der Waals surface area contributed by atoms with Crippen LogP contribution in [0.15, 0.2) is 52.5 Å². The standard InChI is InChI=1S/C19H18FN5O3S/c1-13-2-4-14(5-3-13)24-18(23-8-10-28-11-9-23)21-22-19(24)29-17-7-6-15(25(26)27)12-16(17)20/h2-7,12H,8-11H2,1H3. The lowest BCUT2D eigenvalue weighted by Crippen LogP contribution is -2.37. The minimum Gasteiger partial charge on any atom is -0.378 e. The summed E-state index contributed by atoms with van der Waals surface area (Å²) in [5.74, 6) is -0.0162. The van der Waals surface area contributed by atoms with Gasteiger partial charge in [-0.2, -0.15) is 0 Å². The van der Waals surface area contributed by atoms with Gasteiger partial charge in [0.25, 0.3) is 5.69 Å². The average Bonchev–Trinajstić information content (AvgIpc) is 3.14. The smallest absolute Gasteiger partial charge is 0.272 e. The number of rotatable bonds is 5. The molecule has 3 aromatic rings. The van der Waals surface area contributed by atoms with E-state index in [9.17, 15) is 14.5 Å². The van der Waals surface area contributed by atoms with E-state index in [2.05, 4.69) is 15.1 Å². The summed E-state index contributed by atoms with van der Waals surface area (Å²) < 4.78 is 21.7. The number of nitrogens with zero attached hydrogens (tertiary/aromatic N) is 5. The van der Waals surface area contributed by atoms with Gasteiger partial charge in [-0.15, -0.1) is 10.2 Å². The van der Waals surface area contributed by atoms with E-state index in [1.54, 1.807) is 0 Å². The van der Waals surface area contributed by atoms with Crippen LogP contribution in [0.2, 0.25) is 0 Å². The van der Waals surface area contributed by atoms with E-state index in [4.69, 9.17) is 4.74 Å². The topological polar surface area (TPSA) is 86.3 Å². The summed E-state index contributed by atoms with van der Waals surface area (Å²) in [5, 5.41) is 20.0. The van der Waals surface area contributed by atoms with E-state index < -0.39 is 10.7 Å². The fourth-order valence-electron chi connectivity index (χ4n) is 3.00. The van der Waals surface area contributed by atoms with Crippen LogP contribution < -0.4 is 4.90 Å². The molecule has 1 aliphatic heterocycles. The van der Waals surface area contributed by atoms with Gasteiger partial charge in [0.2, 0.25) is 11.1 Å². The largest absolute Gasteiger partial charge is 0.378 e. The van der Waals surface area contributed by atoms with Crippen molar-refractivity contribution in [3.63, 3.8) is 0 Å². The number of ether oxygens (including phenoxy) is 1. The van der Waals surface area contributed by atoms with Crippen LogP contribution in [0.25, 0.3) is 5.69 Å². The zero-order valence-electron chi connectivity index (χ0n) is 15.6. The Morgan fingerprint density at radius 1 is 1.14 bits per heavy atom. The van der Waals surface area contributed by atoms with Crippen LogP contribution in [0.3, 0.4) is 0 Å². The van der Waals surface area contributed by atoms with E-state index in [1.165, 1.54) is 12.1 Å². The van der Waals surface area contributed by atoms with Gasteiger partial charge in [-0.25, -0.2) is 4.39 Å². The minimum absolute atomic E-state index is 0.241. The van der Waals surface area contributed by atoms with E-state index in [0.717, 1.165) is 29.1 Å². The van der Waals surface area contributed by atoms with Gasteiger partial charge in [0, 0.05) is 19.2 Å². The molecule has 10 heteroatoms. The number of halogens is 1. The summed E-state index contributed by atoms with van der Waals surface area (Å²) in [6.45, 7) is 4.56. The predicted molar refractivity (Wildman–Crippen MR) is 106 cm³/mol. The summed E-state index contributed by atoms with van der Waals surface area (Å²) in [6.07, 6.45) is 0. The van der Waals surface area contributed by atoms with Crippen molar-refractivity contribution in [3.8, 4) is 5.69 Å². The van der Waals surface area contributed by atoms with Crippen LogP contribution in [0, 0.1) is 22.9 Å². The molecule has 0 radical (unpaired) electrons. The van der Waals surface area contributed by atoms with Crippen molar-refractivity contribution < 1.29 is 14.1 Å². The Balaban J connectivity index is 1.74. The van der Waals surface area contributed by atoms with Crippen molar-refractivity contribution >= 4 is 23.4 Å². The molecule has 2 heterocycles. The maximum absolute atomic E-state index is 14.4. The highest BCUT2D eigenvalue weighted by Crippen LogP contribution is 2.34. The second kappa shape index (κ2) is 8.18. The maximum Gasteiger partial charge on any atom is 0.272 e. The second-order valence-corrected chi connectivity index (χ2v) is 7.54. The summed E-state index contributed by atoms with van der Waals surface area (Å²) in [4.78, 5) is 12.6. The molecule has 29 heavy (non-hydrogen) atoms. The number of aryl methyl sites for hydroxylation is 1. The molecule has 2 aromatic carbocycles. The number of non-ortho nitro benzene ring substituents is 1. The first kappa shape index (κ1) is 19.3. The molecule has 4 rings (SSSR count). The molecule has 0 bridgehead atoms. The van der Waals surface area contributed by atoms with E-state index in [0.29, 0.717) is 37.4 Å². The molecule has 1 saturated heterocycles. The zero-order valence-corrected chi connectivity index (χ0v) is 16.4. The summed E-state index contributed by atoms with van der Waals surface area (Å²) in [6, 6.07) is 11.5.